The Kier molecular flexibility index (Phi) is 6.90. The van der Waals surface area contributed by atoms with Crippen LogP contribution in [0.3, 0.4) is 0 Å². The fourth-order valence-electron chi connectivity index (χ4n) is 4.64. The van der Waals surface area contributed by atoms with E-state index in [1.807, 2.05) is 32.9 Å². The number of rotatable bonds is 7. The smallest absolute Gasteiger partial charge is 0.254 e. The van der Waals surface area contributed by atoms with Gasteiger partial charge in [-0.3, -0.25) is 19.4 Å². The van der Waals surface area contributed by atoms with Crippen molar-refractivity contribution in [2.75, 3.05) is 18.4 Å². The number of pyridine rings is 1. The Balaban J connectivity index is 1.32. The molecule has 3 aromatic heterocycles. The molecule has 0 spiro atoms. The van der Waals surface area contributed by atoms with Crippen molar-refractivity contribution in [3.05, 3.63) is 72.5 Å². The highest BCUT2D eigenvalue weighted by atomic mass is 19.1. The number of carbonyl (C=O) groups excluding carboxylic acids is 2. The molecule has 1 fully saturated rings. The van der Waals surface area contributed by atoms with Gasteiger partial charge in [-0.2, -0.15) is 10.2 Å². The van der Waals surface area contributed by atoms with E-state index in [-0.39, 0.29) is 29.9 Å². The van der Waals surface area contributed by atoms with Gasteiger partial charge in [-0.25, -0.2) is 9.37 Å². The maximum atomic E-state index is 15.2. The van der Waals surface area contributed by atoms with Crippen LogP contribution in [0.25, 0.3) is 22.2 Å². The van der Waals surface area contributed by atoms with Crippen molar-refractivity contribution in [1.29, 1.82) is 0 Å². The maximum absolute atomic E-state index is 15.2. The first kappa shape index (κ1) is 26.1. The molecule has 202 valence electrons. The molecule has 4 aromatic rings. The van der Waals surface area contributed by atoms with Gasteiger partial charge in [-0.1, -0.05) is 18.7 Å². The number of hydrogen-bond donors (Lipinski definition) is 3. The average Bonchev–Trinajstić information content (AvgIpc) is 3.67. The maximum Gasteiger partial charge on any atom is 0.254 e. The van der Waals surface area contributed by atoms with E-state index in [0.29, 0.717) is 41.2 Å². The largest absolute Gasteiger partial charge is 0.363 e. The van der Waals surface area contributed by atoms with Crippen LogP contribution in [0.15, 0.2) is 55.5 Å². The Labute approximate surface area is 225 Å². The van der Waals surface area contributed by atoms with E-state index in [1.54, 1.807) is 28.0 Å². The molecule has 0 radical (unpaired) electrons. The van der Waals surface area contributed by atoms with Crippen LogP contribution in [0, 0.1) is 5.82 Å². The third-order valence-corrected chi connectivity index (χ3v) is 6.81. The molecule has 0 saturated carbocycles. The predicted molar refractivity (Wildman–Crippen MR) is 146 cm³/mol. The second-order valence-electron chi connectivity index (χ2n) is 10.6. The molecule has 0 aliphatic carbocycles. The standard InChI is InChI=1S/C28H31FN8O2/c1-5-23(38)36-11-9-20(16-36)33-26-24-21(8-10-30-25(24)34-35-26)17-6-7-18(22(29)12-17)13-31-27(39)19-14-32-37(15-19)28(2,3)4/h5-8,10,12,14-15,20H,1,9,11,13,16H2,2-4H3,(H,31,39)(H2,30,33,34,35)/t20-/m1/s1. The fourth-order valence-corrected chi connectivity index (χ4v) is 4.64. The lowest BCUT2D eigenvalue weighted by molar-refractivity contribution is -0.125. The lowest BCUT2D eigenvalue weighted by Gasteiger charge is -2.18. The van der Waals surface area contributed by atoms with Crippen LogP contribution in [0.1, 0.15) is 43.1 Å². The molecule has 2 amide bonds. The second kappa shape index (κ2) is 10.3. The van der Waals surface area contributed by atoms with Crippen LogP contribution in [-0.4, -0.2) is 60.8 Å². The number of nitrogens with zero attached hydrogens (tertiary/aromatic N) is 5. The Morgan fingerprint density at radius 3 is 2.82 bits per heavy atom. The summed E-state index contributed by atoms with van der Waals surface area (Å²) in [5.41, 5.74) is 2.52. The zero-order chi connectivity index (χ0) is 27.7. The highest BCUT2D eigenvalue weighted by molar-refractivity contribution is 6.00. The predicted octanol–water partition coefficient (Wildman–Crippen LogP) is 3.84. The van der Waals surface area contributed by atoms with Crippen LogP contribution < -0.4 is 10.6 Å². The molecule has 3 N–H and O–H groups in total. The van der Waals surface area contributed by atoms with Gasteiger partial charge in [0.25, 0.3) is 5.91 Å². The van der Waals surface area contributed by atoms with Gasteiger partial charge in [-0.05, 0) is 56.5 Å². The average molecular weight is 531 g/mol. The molecule has 39 heavy (non-hydrogen) atoms. The summed E-state index contributed by atoms with van der Waals surface area (Å²) < 4.78 is 16.9. The molecular weight excluding hydrogens is 499 g/mol. The molecular formula is C28H31FN8O2. The summed E-state index contributed by atoms with van der Waals surface area (Å²) in [5, 5.41) is 18.5. The monoisotopic (exact) mass is 530 g/mol. The molecule has 1 aromatic carbocycles. The minimum Gasteiger partial charge on any atom is -0.363 e. The van der Waals surface area contributed by atoms with Crippen molar-refractivity contribution in [2.45, 2.75) is 45.3 Å². The lowest BCUT2D eigenvalue weighted by Crippen LogP contribution is -2.30. The summed E-state index contributed by atoms with van der Waals surface area (Å²) >= 11 is 0. The summed E-state index contributed by atoms with van der Waals surface area (Å²) in [6.07, 6.45) is 6.92. The van der Waals surface area contributed by atoms with Gasteiger partial charge in [0, 0.05) is 43.6 Å². The molecule has 1 saturated heterocycles. The molecule has 10 nitrogen and oxygen atoms in total. The first-order valence-electron chi connectivity index (χ1n) is 12.8. The highest BCUT2D eigenvalue weighted by Crippen LogP contribution is 2.33. The number of fused-ring (bicyclic) bond motifs is 1. The van der Waals surface area contributed by atoms with Crippen LogP contribution in [-0.2, 0) is 16.9 Å². The van der Waals surface area contributed by atoms with E-state index in [0.717, 1.165) is 17.4 Å². The van der Waals surface area contributed by atoms with E-state index < -0.39 is 5.82 Å². The van der Waals surface area contributed by atoms with Crippen LogP contribution in [0.5, 0.6) is 0 Å². The summed E-state index contributed by atoms with van der Waals surface area (Å²) in [5.74, 6) is -0.256. The number of H-pyrrole nitrogens is 1. The topological polar surface area (TPSA) is 121 Å². The van der Waals surface area contributed by atoms with E-state index in [4.69, 9.17) is 0 Å². The fraction of sp³-hybridized carbons (Fsp3) is 0.321. The highest BCUT2D eigenvalue weighted by Gasteiger charge is 2.26. The lowest BCUT2D eigenvalue weighted by atomic mass is 10.0. The zero-order valence-corrected chi connectivity index (χ0v) is 22.2. The first-order valence-corrected chi connectivity index (χ1v) is 12.8. The number of nitrogens with one attached hydrogen (secondary N) is 3. The minimum atomic E-state index is -0.435. The van der Waals surface area contributed by atoms with Crippen molar-refractivity contribution in [3.8, 4) is 11.1 Å². The van der Waals surface area contributed by atoms with Gasteiger partial charge in [0.2, 0.25) is 5.91 Å². The third kappa shape index (κ3) is 5.38. The van der Waals surface area contributed by atoms with Gasteiger partial charge >= 0.3 is 0 Å². The van der Waals surface area contributed by atoms with Crippen LogP contribution >= 0.6 is 0 Å². The molecule has 1 aliphatic rings. The Morgan fingerprint density at radius 2 is 2.10 bits per heavy atom. The van der Waals surface area contributed by atoms with Crippen molar-refractivity contribution in [1.82, 2.24) is 35.2 Å². The van der Waals surface area contributed by atoms with Gasteiger partial charge in [0.05, 0.1) is 22.7 Å². The minimum absolute atomic E-state index is 0.0201. The zero-order valence-electron chi connectivity index (χ0n) is 22.2. The number of carbonyl (C=O) groups is 2. The van der Waals surface area contributed by atoms with Gasteiger partial charge < -0.3 is 15.5 Å². The number of benzene rings is 1. The van der Waals surface area contributed by atoms with Crippen molar-refractivity contribution < 1.29 is 14.0 Å². The molecule has 0 unspecified atom stereocenters. The molecule has 4 heterocycles. The normalized spacial score (nSPS) is 15.5. The second-order valence-corrected chi connectivity index (χ2v) is 10.6. The summed E-state index contributed by atoms with van der Waals surface area (Å²) in [6, 6.07) is 6.76. The number of aromatic amines is 1. The SMILES string of the molecule is C=CC(=O)N1CC[C@@H](Nc2n[nH]c3nccc(-c4ccc(CNC(=O)c5cnn(C(C)(C)C)c5)c(F)c4)c23)C1. The van der Waals surface area contributed by atoms with Gasteiger partial charge in [-0.15, -0.1) is 0 Å². The van der Waals surface area contributed by atoms with Gasteiger partial charge in [0.15, 0.2) is 11.5 Å². The van der Waals surface area contributed by atoms with E-state index in [1.165, 1.54) is 18.3 Å². The summed E-state index contributed by atoms with van der Waals surface area (Å²) in [6.45, 7) is 10.8. The first-order chi connectivity index (χ1) is 18.6. The molecule has 5 rings (SSSR count). The Hall–Kier alpha value is -4.54. The van der Waals surface area contributed by atoms with E-state index in [2.05, 4.69) is 37.5 Å². The van der Waals surface area contributed by atoms with Gasteiger partial charge in [0.1, 0.15) is 5.82 Å². The molecule has 0 bridgehead atoms. The summed E-state index contributed by atoms with van der Waals surface area (Å²) in [4.78, 5) is 30.7. The number of aromatic nitrogens is 5. The third-order valence-electron chi connectivity index (χ3n) is 6.81. The Morgan fingerprint density at radius 1 is 1.28 bits per heavy atom. The Bertz CT molecular complexity index is 1550. The van der Waals surface area contributed by atoms with Crippen LogP contribution in [0.2, 0.25) is 0 Å². The van der Waals surface area contributed by atoms with Crippen LogP contribution in [0.4, 0.5) is 10.2 Å². The number of hydrogen-bond acceptors (Lipinski definition) is 6. The number of anilines is 1. The van der Waals surface area contributed by atoms with Crippen molar-refractivity contribution >= 4 is 28.7 Å². The number of amides is 2. The quantitative estimate of drug-likeness (QED) is 0.312. The molecule has 1 aliphatic heterocycles. The molecule has 11 heteroatoms. The van der Waals surface area contributed by atoms with Crippen molar-refractivity contribution in [2.24, 2.45) is 0 Å². The van der Waals surface area contributed by atoms with E-state index in [9.17, 15) is 9.59 Å². The number of halogens is 1. The van der Waals surface area contributed by atoms with E-state index >= 15 is 4.39 Å². The summed E-state index contributed by atoms with van der Waals surface area (Å²) in [7, 11) is 0. The number of likely N-dealkylation sites (tertiary alicyclic amines) is 1. The van der Waals surface area contributed by atoms with Crippen molar-refractivity contribution in [3.63, 3.8) is 0 Å². The molecule has 1 atom stereocenters.